The molecule has 10 nitrogen and oxygen atoms in total. The number of aliphatic hydroxyl groups is 5. The van der Waals surface area contributed by atoms with Crippen LogP contribution in [-0.4, -0.2) is 87.7 Å². The second kappa shape index (κ2) is 10.3. The van der Waals surface area contributed by atoms with Gasteiger partial charge in [0.05, 0.1) is 13.2 Å². The minimum atomic E-state index is -1.76. The molecular formula is C19H26N2O8. The van der Waals surface area contributed by atoms with Crippen LogP contribution < -0.4 is 4.90 Å². The van der Waals surface area contributed by atoms with E-state index in [1.54, 1.807) is 31.2 Å². The summed E-state index contributed by atoms with van der Waals surface area (Å²) in [6, 6.07) is 8.86. The fourth-order valence-corrected chi connectivity index (χ4v) is 2.64. The van der Waals surface area contributed by atoms with E-state index in [0.29, 0.717) is 5.56 Å². The molecule has 1 aromatic carbocycles. The second-order valence-corrected chi connectivity index (χ2v) is 6.44. The molecule has 2 rings (SSSR count). The van der Waals surface area contributed by atoms with Crippen LogP contribution in [0.4, 0.5) is 5.88 Å². The predicted molar refractivity (Wildman–Crippen MR) is 102 cm³/mol. The topological polar surface area (TPSA) is 157 Å². The Balaban J connectivity index is 2.26. The van der Waals surface area contributed by atoms with Crippen molar-refractivity contribution in [1.82, 2.24) is 4.98 Å². The van der Waals surface area contributed by atoms with Gasteiger partial charge in [0, 0.05) is 19.2 Å². The largest absolute Gasteiger partial charge is 0.461 e. The van der Waals surface area contributed by atoms with Crippen LogP contribution in [0.15, 0.2) is 34.7 Å². The number of esters is 1. The maximum Gasteiger partial charge on any atom is 0.362 e. The van der Waals surface area contributed by atoms with E-state index < -0.39 is 37.0 Å². The molecule has 0 saturated heterocycles. The van der Waals surface area contributed by atoms with E-state index in [9.17, 15) is 25.2 Å². The molecule has 1 heterocycles. The molecular weight excluding hydrogens is 384 g/mol. The van der Waals surface area contributed by atoms with Crippen LogP contribution >= 0.6 is 0 Å². The maximum absolute atomic E-state index is 12.3. The van der Waals surface area contributed by atoms with Gasteiger partial charge in [-0.25, -0.2) is 4.79 Å². The van der Waals surface area contributed by atoms with Gasteiger partial charge in [0.2, 0.25) is 17.5 Å². The molecule has 0 fully saturated rings. The fraction of sp³-hybridized carbons (Fsp3) is 0.474. The lowest BCUT2D eigenvalue weighted by atomic mass is 10.0. The van der Waals surface area contributed by atoms with Crippen LogP contribution in [0.2, 0.25) is 0 Å². The average Bonchev–Trinajstić information content (AvgIpc) is 3.18. The number of aliphatic hydroxyl groups excluding tert-OH is 5. The number of likely N-dealkylation sites (N-methyl/N-ethyl adjacent to an activating group) is 1. The van der Waals surface area contributed by atoms with E-state index in [0.717, 1.165) is 0 Å². The number of ether oxygens (including phenoxy) is 1. The molecule has 0 aliphatic carbocycles. The van der Waals surface area contributed by atoms with Crippen molar-refractivity contribution in [3.8, 4) is 11.5 Å². The van der Waals surface area contributed by atoms with Gasteiger partial charge in [-0.15, -0.1) is 0 Å². The summed E-state index contributed by atoms with van der Waals surface area (Å²) in [6.07, 6.45) is -6.66. The summed E-state index contributed by atoms with van der Waals surface area (Å²) in [4.78, 5) is 17.8. The number of nitrogens with zero attached hydrogens (tertiary/aromatic N) is 2. The van der Waals surface area contributed by atoms with E-state index in [2.05, 4.69) is 4.98 Å². The molecule has 0 amide bonds. The maximum atomic E-state index is 12.3. The third kappa shape index (κ3) is 5.52. The summed E-state index contributed by atoms with van der Waals surface area (Å²) in [6.45, 7) is 0.720. The van der Waals surface area contributed by atoms with Crippen LogP contribution in [-0.2, 0) is 4.74 Å². The number of benzene rings is 1. The quantitative estimate of drug-likeness (QED) is 0.320. The van der Waals surface area contributed by atoms with E-state index in [1.165, 1.54) is 11.9 Å². The molecule has 0 saturated carbocycles. The number of oxazole rings is 1. The highest BCUT2D eigenvalue weighted by Crippen LogP contribution is 2.28. The molecule has 4 atom stereocenters. The summed E-state index contributed by atoms with van der Waals surface area (Å²) in [7, 11) is 1.49. The van der Waals surface area contributed by atoms with Gasteiger partial charge in [-0.1, -0.05) is 18.2 Å². The number of aromatic nitrogens is 1. The summed E-state index contributed by atoms with van der Waals surface area (Å²) < 4.78 is 10.7. The minimum absolute atomic E-state index is 0.00532. The zero-order chi connectivity index (χ0) is 21.6. The number of carbonyl (C=O) groups is 1. The Labute approximate surface area is 167 Å². The molecule has 0 aliphatic rings. The Hall–Kier alpha value is -2.50. The first-order chi connectivity index (χ1) is 13.8. The van der Waals surface area contributed by atoms with Gasteiger partial charge in [-0.2, -0.15) is 4.98 Å². The Bertz CT molecular complexity index is 782. The predicted octanol–water partition coefficient (Wildman–Crippen LogP) is -0.610. The number of carbonyl (C=O) groups excluding carboxylic acids is 1. The zero-order valence-corrected chi connectivity index (χ0v) is 16.2. The van der Waals surface area contributed by atoms with Gasteiger partial charge in [-0.05, 0) is 19.1 Å². The first-order valence-corrected chi connectivity index (χ1v) is 9.07. The van der Waals surface area contributed by atoms with Crippen molar-refractivity contribution in [2.45, 2.75) is 31.3 Å². The molecule has 160 valence electrons. The Kier molecular flexibility index (Phi) is 8.11. The molecule has 10 heteroatoms. The van der Waals surface area contributed by atoms with Gasteiger partial charge < -0.3 is 39.6 Å². The smallest absolute Gasteiger partial charge is 0.362 e. The van der Waals surface area contributed by atoms with Gasteiger partial charge in [0.1, 0.15) is 24.4 Å². The summed E-state index contributed by atoms with van der Waals surface area (Å²) >= 11 is 0. The van der Waals surface area contributed by atoms with Crippen molar-refractivity contribution in [2.24, 2.45) is 0 Å². The van der Waals surface area contributed by atoms with Crippen molar-refractivity contribution in [1.29, 1.82) is 0 Å². The van der Waals surface area contributed by atoms with Crippen LogP contribution in [0.25, 0.3) is 11.5 Å². The molecule has 1 aromatic heterocycles. The monoisotopic (exact) mass is 410 g/mol. The summed E-state index contributed by atoms with van der Waals surface area (Å²) in [5.74, 6) is -0.543. The standard InChI is InChI=1S/C19H26N2O8/c1-3-28-19(27)14-18(29-17(20-14)11-7-5-4-6-8-11)21(2)9-12(23)15(25)16(26)13(24)10-22/h4-8,12-13,15-16,22-26H,3,9-10H2,1-2H3/t12-,13+,15-,16+/m0/s1. The highest BCUT2D eigenvalue weighted by atomic mass is 16.5. The minimum Gasteiger partial charge on any atom is -0.461 e. The van der Waals surface area contributed by atoms with Gasteiger partial charge in [-0.3, -0.25) is 0 Å². The normalized spacial score (nSPS) is 15.4. The second-order valence-electron chi connectivity index (χ2n) is 6.44. The van der Waals surface area contributed by atoms with Gasteiger partial charge in [0.25, 0.3) is 0 Å². The van der Waals surface area contributed by atoms with E-state index in [4.69, 9.17) is 14.3 Å². The van der Waals surface area contributed by atoms with Crippen molar-refractivity contribution in [3.63, 3.8) is 0 Å². The van der Waals surface area contributed by atoms with Crippen LogP contribution in [0.5, 0.6) is 0 Å². The number of hydrogen-bond acceptors (Lipinski definition) is 10. The number of hydrogen-bond donors (Lipinski definition) is 5. The molecule has 0 unspecified atom stereocenters. The molecule has 0 bridgehead atoms. The highest BCUT2D eigenvalue weighted by Gasteiger charge is 2.32. The van der Waals surface area contributed by atoms with Crippen LogP contribution in [0.3, 0.4) is 0 Å². The lowest BCUT2D eigenvalue weighted by molar-refractivity contribution is -0.112. The lowest BCUT2D eigenvalue weighted by Crippen LogP contribution is -2.49. The molecule has 0 aliphatic heterocycles. The first kappa shape index (κ1) is 22.8. The summed E-state index contributed by atoms with van der Waals surface area (Å²) in [5, 5.41) is 48.2. The third-order valence-corrected chi connectivity index (χ3v) is 4.23. The third-order valence-electron chi connectivity index (χ3n) is 4.23. The van der Waals surface area contributed by atoms with Crippen molar-refractivity contribution < 1.29 is 39.5 Å². The average molecular weight is 410 g/mol. The zero-order valence-electron chi connectivity index (χ0n) is 16.2. The molecule has 5 N–H and O–H groups in total. The molecule has 0 radical (unpaired) electrons. The molecule has 29 heavy (non-hydrogen) atoms. The molecule has 0 spiro atoms. The van der Waals surface area contributed by atoms with Crippen LogP contribution in [0.1, 0.15) is 17.4 Å². The Morgan fingerprint density at radius 3 is 2.34 bits per heavy atom. The Morgan fingerprint density at radius 1 is 1.14 bits per heavy atom. The first-order valence-electron chi connectivity index (χ1n) is 9.07. The SMILES string of the molecule is CCOC(=O)c1nc(-c2ccccc2)oc1N(C)C[C@H](O)[C@H](O)[C@H](O)[C@H](O)CO. The number of rotatable bonds is 10. The van der Waals surface area contributed by atoms with Gasteiger partial charge >= 0.3 is 5.97 Å². The van der Waals surface area contributed by atoms with E-state index in [-0.39, 0.29) is 30.6 Å². The summed E-state index contributed by atoms with van der Waals surface area (Å²) in [5.41, 5.74) is 0.519. The van der Waals surface area contributed by atoms with E-state index in [1.807, 2.05) is 6.07 Å². The van der Waals surface area contributed by atoms with Crippen molar-refractivity contribution in [2.75, 3.05) is 31.7 Å². The number of anilines is 1. The van der Waals surface area contributed by atoms with Crippen molar-refractivity contribution >= 4 is 11.9 Å². The van der Waals surface area contributed by atoms with E-state index >= 15 is 0 Å². The van der Waals surface area contributed by atoms with Crippen LogP contribution in [0, 0.1) is 0 Å². The van der Waals surface area contributed by atoms with Gasteiger partial charge in [0.15, 0.2) is 0 Å². The Morgan fingerprint density at radius 2 is 1.76 bits per heavy atom. The molecule has 2 aromatic rings. The lowest BCUT2D eigenvalue weighted by Gasteiger charge is -2.28. The fourth-order valence-electron chi connectivity index (χ4n) is 2.64. The highest BCUT2D eigenvalue weighted by molar-refractivity contribution is 5.93. The van der Waals surface area contributed by atoms with Crippen molar-refractivity contribution in [3.05, 3.63) is 36.0 Å².